The van der Waals surface area contributed by atoms with Crippen LogP contribution in [0, 0.1) is 11.6 Å². The highest BCUT2D eigenvalue weighted by atomic mass is 19.1. The maximum Gasteiger partial charge on any atom is 0.230 e. The van der Waals surface area contributed by atoms with Crippen LogP contribution in [-0.4, -0.2) is 24.9 Å². The van der Waals surface area contributed by atoms with E-state index in [0.29, 0.717) is 13.1 Å². The van der Waals surface area contributed by atoms with Gasteiger partial charge < -0.3 is 10.6 Å². The molecule has 0 saturated heterocycles. The molecule has 0 heterocycles. The molecule has 4 nitrogen and oxygen atoms in total. The molecule has 148 valence electrons. The second kappa shape index (κ2) is 8.95. The van der Waals surface area contributed by atoms with Crippen LogP contribution in [0.3, 0.4) is 0 Å². The Labute approximate surface area is 163 Å². The molecular weight excluding hydrogens is 362 g/mol. The molecule has 0 aromatic heterocycles. The number of nitrogens with one attached hydrogen (secondary N) is 2. The third-order valence-electron chi connectivity index (χ3n) is 5.30. The van der Waals surface area contributed by atoms with Crippen molar-refractivity contribution in [3.05, 3.63) is 71.3 Å². The average molecular weight is 386 g/mol. The maximum absolute atomic E-state index is 13.2. The summed E-state index contributed by atoms with van der Waals surface area (Å²) in [5.74, 6) is -0.922. The number of rotatable bonds is 7. The number of hydrogen-bond donors (Lipinski definition) is 2. The molecule has 2 aromatic rings. The lowest BCUT2D eigenvalue weighted by molar-refractivity contribution is -0.127. The summed E-state index contributed by atoms with van der Waals surface area (Å²) in [5.41, 5.74) is 0.944. The molecule has 0 unspecified atom stereocenters. The SMILES string of the molecule is O=C(Cc1ccc(F)cc1)NCCNC(=O)C1(c2ccc(F)cc2)CCCC1. The van der Waals surface area contributed by atoms with E-state index in [0.717, 1.165) is 36.8 Å². The van der Waals surface area contributed by atoms with Crippen LogP contribution in [-0.2, 0) is 21.4 Å². The fourth-order valence-corrected chi connectivity index (χ4v) is 3.79. The van der Waals surface area contributed by atoms with Gasteiger partial charge in [0.25, 0.3) is 0 Å². The van der Waals surface area contributed by atoms with E-state index in [-0.39, 0.29) is 29.9 Å². The fraction of sp³-hybridized carbons (Fsp3) is 0.364. The number of benzene rings is 2. The predicted molar refractivity (Wildman–Crippen MR) is 103 cm³/mol. The number of carbonyl (C=O) groups is 2. The Morgan fingerprint density at radius 2 is 1.36 bits per heavy atom. The number of amides is 2. The van der Waals surface area contributed by atoms with Crippen LogP contribution in [0.25, 0.3) is 0 Å². The zero-order valence-corrected chi connectivity index (χ0v) is 15.6. The molecule has 6 heteroatoms. The first-order valence-corrected chi connectivity index (χ1v) is 9.55. The summed E-state index contributed by atoms with van der Waals surface area (Å²) in [5, 5.41) is 5.66. The standard InChI is InChI=1S/C22H24F2N2O2/c23-18-7-3-16(4-8-18)15-20(27)25-13-14-26-21(28)22(11-1-2-12-22)17-5-9-19(24)10-6-17/h3-10H,1-2,11-15H2,(H,25,27)(H,26,28). The van der Waals surface area contributed by atoms with Crippen molar-refractivity contribution in [2.24, 2.45) is 0 Å². The smallest absolute Gasteiger partial charge is 0.230 e. The topological polar surface area (TPSA) is 58.2 Å². The molecule has 2 amide bonds. The van der Waals surface area contributed by atoms with Crippen LogP contribution in [0.2, 0.25) is 0 Å². The Morgan fingerprint density at radius 3 is 1.96 bits per heavy atom. The van der Waals surface area contributed by atoms with E-state index in [1.807, 2.05) is 0 Å². The van der Waals surface area contributed by atoms with Gasteiger partial charge in [0.1, 0.15) is 11.6 Å². The largest absolute Gasteiger partial charge is 0.354 e. The Kier molecular flexibility index (Phi) is 6.39. The zero-order valence-electron chi connectivity index (χ0n) is 15.6. The predicted octanol–water partition coefficient (Wildman–Crippen LogP) is 3.25. The Hall–Kier alpha value is -2.76. The van der Waals surface area contributed by atoms with Gasteiger partial charge in [-0.25, -0.2) is 8.78 Å². The first-order valence-electron chi connectivity index (χ1n) is 9.55. The summed E-state index contributed by atoms with van der Waals surface area (Å²) in [6, 6.07) is 11.9. The highest BCUT2D eigenvalue weighted by molar-refractivity contribution is 5.88. The summed E-state index contributed by atoms with van der Waals surface area (Å²) in [7, 11) is 0. The average Bonchev–Trinajstić information content (AvgIpc) is 3.18. The second-order valence-corrected chi connectivity index (χ2v) is 7.21. The molecule has 1 fully saturated rings. The summed E-state index contributed by atoms with van der Waals surface area (Å²) in [4.78, 5) is 24.8. The minimum atomic E-state index is -0.619. The van der Waals surface area contributed by atoms with Crippen molar-refractivity contribution in [1.29, 1.82) is 0 Å². The highest BCUT2D eigenvalue weighted by Crippen LogP contribution is 2.41. The normalized spacial score (nSPS) is 15.2. The Bertz CT molecular complexity index is 813. The van der Waals surface area contributed by atoms with Gasteiger partial charge >= 0.3 is 0 Å². The third kappa shape index (κ3) is 4.74. The molecule has 3 rings (SSSR count). The van der Waals surface area contributed by atoms with E-state index in [2.05, 4.69) is 10.6 Å². The van der Waals surface area contributed by atoms with Crippen molar-refractivity contribution in [2.75, 3.05) is 13.1 Å². The molecule has 0 aliphatic heterocycles. The van der Waals surface area contributed by atoms with Crippen LogP contribution < -0.4 is 10.6 Å². The second-order valence-electron chi connectivity index (χ2n) is 7.21. The van der Waals surface area contributed by atoms with Gasteiger partial charge in [0.05, 0.1) is 11.8 Å². The maximum atomic E-state index is 13.2. The van der Waals surface area contributed by atoms with Gasteiger partial charge in [0.2, 0.25) is 11.8 Å². The van der Waals surface area contributed by atoms with Crippen molar-refractivity contribution < 1.29 is 18.4 Å². The Morgan fingerprint density at radius 1 is 0.821 bits per heavy atom. The molecule has 0 atom stereocenters. The van der Waals surface area contributed by atoms with E-state index in [1.165, 1.54) is 24.3 Å². The lowest BCUT2D eigenvalue weighted by atomic mass is 9.78. The first kappa shape index (κ1) is 20.0. The van der Waals surface area contributed by atoms with E-state index in [1.54, 1.807) is 24.3 Å². The molecule has 0 spiro atoms. The van der Waals surface area contributed by atoms with Crippen LogP contribution in [0.5, 0.6) is 0 Å². The van der Waals surface area contributed by atoms with Gasteiger partial charge in [0, 0.05) is 13.1 Å². The summed E-state index contributed by atoms with van der Waals surface area (Å²) >= 11 is 0. The first-order chi connectivity index (χ1) is 13.5. The van der Waals surface area contributed by atoms with Crippen LogP contribution >= 0.6 is 0 Å². The summed E-state index contributed by atoms with van der Waals surface area (Å²) in [6.45, 7) is 0.627. The van der Waals surface area contributed by atoms with Crippen LogP contribution in [0.15, 0.2) is 48.5 Å². The molecule has 1 aliphatic carbocycles. The number of halogens is 2. The van der Waals surface area contributed by atoms with Crippen molar-refractivity contribution >= 4 is 11.8 Å². The molecule has 0 bridgehead atoms. The quantitative estimate of drug-likeness (QED) is 0.718. The van der Waals surface area contributed by atoms with Gasteiger partial charge in [-0.3, -0.25) is 9.59 Å². The van der Waals surface area contributed by atoms with Crippen LogP contribution in [0.1, 0.15) is 36.8 Å². The summed E-state index contributed by atoms with van der Waals surface area (Å²) < 4.78 is 26.1. The Balaban J connectivity index is 1.49. The number of hydrogen-bond acceptors (Lipinski definition) is 2. The van der Waals surface area contributed by atoms with Gasteiger partial charge in [-0.1, -0.05) is 37.1 Å². The molecule has 2 aromatic carbocycles. The van der Waals surface area contributed by atoms with Gasteiger partial charge in [-0.15, -0.1) is 0 Å². The van der Waals surface area contributed by atoms with E-state index in [9.17, 15) is 18.4 Å². The lowest BCUT2D eigenvalue weighted by Crippen LogP contribution is -2.45. The van der Waals surface area contributed by atoms with Gasteiger partial charge in [0.15, 0.2) is 0 Å². The molecule has 2 N–H and O–H groups in total. The minimum Gasteiger partial charge on any atom is -0.354 e. The van der Waals surface area contributed by atoms with Crippen molar-refractivity contribution in [2.45, 2.75) is 37.5 Å². The molecule has 1 aliphatic rings. The van der Waals surface area contributed by atoms with Gasteiger partial charge in [-0.05, 0) is 48.2 Å². The third-order valence-corrected chi connectivity index (χ3v) is 5.30. The van der Waals surface area contributed by atoms with Crippen molar-refractivity contribution in [3.63, 3.8) is 0 Å². The van der Waals surface area contributed by atoms with E-state index in [4.69, 9.17) is 0 Å². The summed E-state index contributed by atoms with van der Waals surface area (Å²) in [6.07, 6.45) is 3.55. The molecule has 28 heavy (non-hydrogen) atoms. The molecular formula is C22H24F2N2O2. The monoisotopic (exact) mass is 386 g/mol. The highest BCUT2D eigenvalue weighted by Gasteiger charge is 2.42. The van der Waals surface area contributed by atoms with Gasteiger partial charge in [-0.2, -0.15) is 0 Å². The van der Waals surface area contributed by atoms with Crippen LogP contribution in [0.4, 0.5) is 8.78 Å². The zero-order chi connectivity index (χ0) is 20.0. The number of carbonyl (C=O) groups excluding carboxylic acids is 2. The van der Waals surface area contributed by atoms with E-state index < -0.39 is 5.41 Å². The fourth-order valence-electron chi connectivity index (χ4n) is 3.79. The lowest BCUT2D eigenvalue weighted by Gasteiger charge is -2.28. The minimum absolute atomic E-state index is 0.0793. The molecule has 1 saturated carbocycles. The van der Waals surface area contributed by atoms with Crippen molar-refractivity contribution in [1.82, 2.24) is 10.6 Å². The molecule has 0 radical (unpaired) electrons. The van der Waals surface area contributed by atoms with E-state index >= 15 is 0 Å². The van der Waals surface area contributed by atoms with Crippen molar-refractivity contribution in [3.8, 4) is 0 Å².